The number of aromatic nitrogens is 5. The van der Waals surface area contributed by atoms with Crippen molar-refractivity contribution in [3.8, 4) is 11.6 Å². The maximum absolute atomic E-state index is 14.7. The predicted molar refractivity (Wildman–Crippen MR) is 144 cm³/mol. The van der Waals surface area contributed by atoms with Gasteiger partial charge in [0.1, 0.15) is 5.82 Å². The van der Waals surface area contributed by atoms with Gasteiger partial charge in [0, 0.05) is 52.1 Å². The Kier molecular flexibility index (Phi) is 6.59. The van der Waals surface area contributed by atoms with E-state index in [-0.39, 0.29) is 10.8 Å². The molecule has 0 radical (unpaired) electrons. The fraction of sp³-hybridized carbons (Fsp3) is 0.440. The molecular formula is C25H30FN9O3S. The van der Waals surface area contributed by atoms with Crippen LogP contribution in [0.15, 0.2) is 45.9 Å². The minimum absolute atomic E-state index is 0.00361. The SMILES string of the molecule is CS(=O)(=O)c1ccc(N2CCN(C[C@H]3CCCN(c4nc(N)n5nc(-c6ccco6)nc5n4)C3)CC2)c(F)c1. The van der Waals surface area contributed by atoms with Crippen LogP contribution < -0.4 is 15.5 Å². The van der Waals surface area contributed by atoms with Crippen LogP contribution >= 0.6 is 0 Å². The van der Waals surface area contributed by atoms with Crippen molar-refractivity contribution in [3.05, 3.63) is 42.4 Å². The molecule has 12 nitrogen and oxygen atoms in total. The highest BCUT2D eigenvalue weighted by molar-refractivity contribution is 7.90. The Bertz CT molecular complexity index is 1580. The highest BCUT2D eigenvalue weighted by Gasteiger charge is 2.27. The molecule has 39 heavy (non-hydrogen) atoms. The Morgan fingerprint density at radius 2 is 1.90 bits per heavy atom. The molecule has 1 atom stereocenters. The van der Waals surface area contributed by atoms with Crippen LogP contribution in [0.25, 0.3) is 17.4 Å². The molecule has 2 N–H and O–H groups in total. The summed E-state index contributed by atoms with van der Waals surface area (Å²) in [7, 11) is -3.44. The van der Waals surface area contributed by atoms with Crippen molar-refractivity contribution >= 4 is 33.2 Å². The van der Waals surface area contributed by atoms with Crippen molar-refractivity contribution in [2.45, 2.75) is 17.7 Å². The first kappa shape index (κ1) is 25.5. The third-order valence-electron chi connectivity index (χ3n) is 7.34. The number of fused-ring (bicyclic) bond motifs is 1. The average Bonchev–Trinajstić information content (AvgIpc) is 3.59. The van der Waals surface area contributed by atoms with Crippen LogP contribution in [0.3, 0.4) is 0 Å². The second kappa shape index (κ2) is 10.1. The molecular weight excluding hydrogens is 525 g/mol. The third kappa shape index (κ3) is 5.26. The number of nitrogens with two attached hydrogens (primary N) is 1. The van der Waals surface area contributed by atoms with Crippen LogP contribution in [0.4, 0.5) is 22.0 Å². The molecule has 4 aromatic rings. The Morgan fingerprint density at radius 1 is 1.08 bits per heavy atom. The Morgan fingerprint density at radius 3 is 2.62 bits per heavy atom. The number of hydrogen-bond donors (Lipinski definition) is 1. The van der Waals surface area contributed by atoms with E-state index in [4.69, 9.17) is 10.2 Å². The largest absolute Gasteiger partial charge is 0.461 e. The van der Waals surface area contributed by atoms with E-state index in [0.29, 0.717) is 48.0 Å². The molecule has 2 saturated heterocycles. The zero-order valence-corrected chi connectivity index (χ0v) is 22.4. The van der Waals surface area contributed by atoms with Crippen LogP contribution in [0, 0.1) is 11.7 Å². The van der Waals surface area contributed by atoms with Crippen LogP contribution in [0.5, 0.6) is 0 Å². The smallest absolute Gasteiger partial charge is 0.259 e. The quantitative estimate of drug-likeness (QED) is 0.373. The minimum atomic E-state index is -3.44. The molecule has 3 aromatic heterocycles. The Balaban J connectivity index is 1.08. The third-order valence-corrected chi connectivity index (χ3v) is 8.45. The van der Waals surface area contributed by atoms with Gasteiger partial charge >= 0.3 is 0 Å². The van der Waals surface area contributed by atoms with E-state index in [0.717, 1.165) is 57.9 Å². The predicted octanol–water partition coefficient (Wildman–Crippen LogP) is 1.94. The molecule has 0 amide bonds. The number of anilines is 3. The maximum Gasteiger partial charge on any atom is 0.259 e. The highest BCUT2D eigenvalue weighted by atomic mass is 32.2. The number of rotatable bonds is 6. The van der Waals surface area contributed by atoms with Gasteiger partial charge in [0.15, 0.2) is 15.6 Å². The summed E-state index contributed by atoms with van der Waals surface area (Å²) >= 11 is 0. The van der Waals surface area contributed by atoms with Gasteiger partial charge in [-0.3, -0.25) is 4.90 Å². The number of nitrogen functional groups attached to an aromatic ring is 1. The van der Waals surface area contributed by atoms with Gasteiger partial charge in [0.05, 0.1) is 16.8 Å². The summed E-state index contributed by atoms with van der Waals surface area (Å²) < 4.78 is 44.9. The molecule has 6 rings (SSSR count). The second-order valence-corrected chi connectivity index (χ2v) is 12.1. The zero-order valence-electron chi connectivity index (χ0n) is 21.6. The van der Waals surface area contributed by atoms with Crippen molar-refractivity contribution in [3.63, 3.8) is 0 Å². The normalized spacial score (nSPS) is 19.2. The molecule has 5 heterocycles. The molecule has 1 aromatic carbocycles. The number of halogens is 1. The first-order chi connectivity index (χ1) is 18.7. The summed E-state index contributed by atoms with van der Waals surface area (Å²) in [6.45, 7) is 5.51. The van der Waals surface area contributed by atoms with E-state index in [1.165, 1.54) is 10.6 Å². The molecule has 0 spiro atoms. The minimum Gasteiger partial charge on any atom is -0.461 e. The van der Waals surface area contributed by atoms with E-state index in [2.05, 4.69) is 29.9 Å². The molecule has 0 bridgehead atoms. The molecule has 0 aliphatic carbocycles. The number of sulfone groups is 1. The van der Waals surface area contributed by atoms with Crippen LogP contribution in [0.1, 0.15) is 12.8 Å². The summed E-state index contributed by atoms with van der Waals surface area (Å²) in [5, 5.41) is 4.36. The van der Waals surface area contributed by atoms with E-state index in [1.807, 2.05) is 4.90 Å². The molecule has 0 saturated carbocycles. The van der Waals surface area contributed by atoms with Gasteiger partial charge < -0.3 is 20.0 Å². The van der Waals surface area contributed by atoms with Gasteiger partial charge in [-0.1, -0.05) is 0 Å². The number of piperazine rings is 1. The summed E-state index contributed by atoms with van der Waals surface area (Å²) in [5.74, 6) is 1.99. The lowest BCUT2D eigenvalue weighted by Gasteiger charge is -2.40. The van der Waals surface area contributed by atoms with E-state index < -0.39 is 15.7 Å². The van der Waals surface area contributed by atoms with Crippen molar-refractivity contribution in [2.24, 2.45) is 5.92 Å². The number of furan rings is 1. The van der Waals surface area contributed by atoms with Crippen LogP contribution in [-0.2, 0) is 9.84 Å². The lowest BCUT2D eigenvalue weighted by atomic mass is 9.97. The average molecular weight is 556 g/mol. The number of hydrogen-bond acceptors (Lipinski definition) is 11. The summed E-state index contributed by atoms with van der Waals surface area (Å²) in [6.07, 6.45) is 4.76. The maximum atomic E-state index is 14.7. The summed E-state index contributed by atoms with van der Waals surface area (Å²) in [5.41, 5.74) is 6.64. The van der Waals surface area contributed by atoms with E-state index in [9.17, 15) is 12.8 Å². The first-order valence-electron chi connectivity index (χ1n) is 12.9. The van der Waals surface area contributed by atoms with Crippen LogP contribution in [0.2, 0.25) is 0 Å². The molecule has 2 fully saturated rings. The van der Waals surface area contributed by atoms with Gasteiger partial charge in [0.25, 0.3) is 5.78 Å². The van der Waals surface area contributed by atoms with Crippen molar-refractivity contribution < 1.29 is 17.2 Å². The Hall–Kier alpha value is -3.78. The molecule has 2 aliphatic heterocycles. The number of piperidine rings is 1. The van der Waals surface area contributed by atoms with Gasteiger partial charge in [-0.25, -0.2) is 12.8 Å². The van der Waals surface area contributed by atoms with Gasteiger partial charge in [0.2, 0.25) is 17.7 Å². The fourth-order valence-corrected chi connectivity index (χ4v) is 5.99. The lowest BCUT2D eigenvalue weighted by Crippen LogP contribution is -2.50. The summed E-state index contributed by atoms with van der Waals surface area (Å²) in [6, 6.07) is 7.69. The first-order valence-corrected chi connectivity index (χ1v) is 14.8. The van der Waals surface area contributed by atoms with Crippen molar-refractivity contribution in [2.75, 3.05) is 67.6 Å². The van der Waals surface area contributed by atoms with E-state index >= 15 is 0 Å². The number of nitrogens with zero attached hydrogens (tertiary/aromatic N) is 8. The van der Waals surface area contributed by atoms with Crippen LogP contribution in [-0.4, -0.2) is 90.0 Å². The Labute approximate surface area is 225 Å². The molecule has 206 valence electrons. The molecule has 2 aliphatic rings. The van der Waals surface area contributed by atoms with E-state index in [1.54, 1.807) is 24.5 Å². The van der Waals surface area contributed by atoms with Gasteiger partial charge in [-0.15, -0.1) is 5.10 Å². The molecule has 0 unspecified atom stereocenters. The highest BCUT2D eigenvalue weighted by Crippen LogP contribution is 2.26. The van der Waals surface area contributed by atoms with Gasteiger partial charge in [-0.05, 0) is 49.1 Å². The monoisotopic (exact) mass is 555 g/mol. The summed E-state index contributed by atoms with van der Waals surface area (Å²) in [4.78, 5) is 20.1. The zero-order chi connectivity index (χ0) is 27.1. The number of benzene rings is 1. The lowest BCUT2D eigenvalue weighted by molar-refractivity contribution is 0.205. The van der Waals surface area contributed by atoms with Crippen molar-refractivity contribution in [1.29, 1.82) is 0 Å². The second-order valence-electron chi connectivity index (χ2n) is 10.1. The topological polar surface area (TPSA) is 139 Å². The standard InChI is InChI=1S/C25H30FN9O3S/c1-39(36,37)18-6-7-20(19(26)14-18)33-11-9-32(10-12-33)15-17-4-2-8-34(16-17)24-29-23(27)35-25(30-24)28-22(31-35)21-5-3-13-38-21/h3,5-7,13-14,17H,2,4,8-12,15-16H2,1H3,(H2,27,28,29,30,31)/t17-/m1/s1. The fourth-order valence-electron chi connectivity index (χ4n) is 5.35. The van der Waals surface area contributed by atoms with Gasteiger partial charge in [-0.2, -0.15) is 19.5 Å². The molecule has 14 heteroatoms. The van der Waals surface area contributed by atoms with Crippen molar-refractivity contribution in [1.82, 2.24) is 29.5 Å².